The Labute approximate surface area is 450 Å². The zero-order chi connectivity index (χ0) is 56.1. The standard InChI is InChI=1S/C54H71N15O9/c1-3-4-15-40(63-31(2)70)48(73)69-45-27-46(71)59-21-10-9-17-39(47(55)72)64-51(76)43(25-35-28-61-38-16-8-7-14-37(35)38)67-49(74)41(18-11-22-60-54(56)57)65-50(75)42(24-32-19-20-33-12-5-6-13-34(33)23-32)66-52(77)44(68-53(45)78)26-36-29-58-30-62-36/h5-8,12-14,16,19-20,23,28-30,39-45,61H,3-4,9-11,15,17-18,21-22,24-27H2,1-2H3,(H2,55,72)(H,58,62)(H,59,71)(H,63,70)(H,64,76)(H,65,75)(H,66,77)(H,67,74)(H,68,78)(H,69,73)(H4,56,57,60)/t39-,40-,41-,42+,43-,44?,45?/m0/s1. The van der Waals surface area contributed by atoms with Crippen molar-refractivity contribution in [2.45, 2.75) is 133 Å². The zero-order valence-corrected chi connectivity index (χ0v) is 43.8. The third-order valence-electron chi connectivity index (χ3n) is 13.3. The Bertz CT molecular complexity index is 2940. The number of rotatable bonds is 17. The molecule has 7 atom stereocenters. The number of carbonyl (C=O) groups excluding carboxylic acids is 9. The summed E-state index contributed by atoms with van der Waals surface area (Å²) in [4.78, 5) is 140. The summed E-state index contributed by atoms with van der Waals surface area (Å²) in [6.07, 6.45) is 5.65. The average molecular weight is 1070 g/mol. The second-order valence-corrected chi connectivity index (χ2v) is 19.4. The van der Waals surface area contributed by atoms with Crippen LogP contribution in [0.4, 0.5) is 0 Å². The summed E-state index contributed by atoms with van der Waals surface area (Å²) in [5.41, 5.74) is 19.5. The largest absolute Gasteiger partial charge is 0.370 e. The first-order valence-corrected chi connectivity index (χ1v) is 26.2. The lowest BCUT2D eigenvalue weighted by Gasteiger charge is -2.28. The van der Waals surface area contributed by atoms with Crippen molar-refractivity contribution in [2.75, 3.05) is 13.1 Å². The number of nitrogens with one attached hydrogen (secondary N) is 10. The number of fused-ring (bicyclic) bond motifs is 2. The van der Waals surface area contributed by atoms with Gasteiger partial charge in [-0.2, -0.15) is 0 Å². The zero-order valence-electron chi connectivity index (χ0n) is 43.8. The van der Waals surface area contributed by atoms with Gasteiger partial charge in [0, 0.05) is 68.3 Å². The second kappa shape index (κ2) is 28.9. The number of imidazole rings is 1. The lowest BCUT2D eigenvalue weighted by atomic mass is 9.99. The summed E-state index contributed by atoms with van der Waals surface area (Å²) < 4.78 is 0. The fourth-order valence-electron chi connectivity index (χ4n) is 9.15. The molecule has 3 heterocycles. The van der Waals surface area contributed by atoms with E-state index < -0.39 is 102 Å². The molecule has 416 valence electrons. The maximum absolute atomic E-state index is 15.0. The van der Waals surface area contributed by atoms with E-state index in [1.165, 1.54) is 19.4 Å². The number of aliphatic imine (C=N–C) groups is 1. The van der Waals surface area contributed by atoms with Crippen molar-refractivity contribution in [1.29, 1.82) is 0 Å². The smallest absolute Gasteiger partial charge is 0.243 e. The van der Waals surface area contributed by atoms with Gasteiger partial charge < -0.3 is 69.7 Å². The van der Waals surface area contributed by atoms with Crippen LogP contribution < -0.4 is 59.7 Å². The van der Waals surface area contributed by atoms with Gasteiger partial charge in [0.25, 0.3) is 0 Å². The van der Waals surface area contributed by atoms with Crippen LogP contribution in [-0.2, 0) is 62.4 Å². The van der Waals surface area contributed by atoms with Gasteiger partial charge in [-0.25, -0.2) is 4.98 Å². The van der Waals surface area contributed by atoms with Crippen LogP contribution >= 0.6 is 0 Å². The number of para-hydroxylation sites is 1. The van der Waals surface area contributed by atoms with Crippen LogP contribution in [-0.4, -0.2) is 129 Å². The summed E-state index contributed by atoms with van der Waals surface area (Å²) in [5.74, 6) is -7.13. The highest BCUT2D eigenvalue weighted by molar-refractivity contribution is 5.99. The molecule has 16 N–H and O–H groups in total. The van der Waals surface area contributed by atoms with Crippen molar-refractivity contribution in [3.8, 4) is 0 Å². The molecule has 1 aliphatic rings. The number of amides is 9. The molecule has 2 aromatic heterocycles. The van der Waals surface area contributed by atoms with E-state index in [0.29, 0.717) is 29.7 Å². The van der Waals surface area contributed by atoms with Crippen molar-refractivity contribution < 1.29 is 43.2 Å². The summed E-state index contributed by atoms with van der Waals surface area (Å²) in [6, 6.07) is 10.9. The van der Waals surface area contributed by atoms with Gasteiger partial charge in [0.2, 0.25) is 53.2 Å². The Balaban J connectivity index is 1.41. The van der Waals surface area contributed by atoms with E-state index in [-0.39, 0.29) is 76.8 Å². The first-order valence-electron chi connectivity index (χ1n) is 26.2. The predicted molar refractivity (Wildman–Crippen MR) is 291 cm³/mol. The van der Waals surface area contributed by atoms with E-state index in [9.17, 15) is 43.2 Å². The third kappa shape index (κ3) is 17.6. The van der Waals surface area contributed by atoms with Gasteiger partial charge in [0.15, 0.2) is 5.96 Å². The molecule has 1 aliphatic heterocycles. The number of aromatic nitrogens is 3. The van der Waals surface area contributed by atoms with Crippen LogP contribution in [0.25, 0.3) is 21.7 Å². The van der Waals surface area contributed by atoms with E-state index in [4.69, 9.17) is 17.2 Å². The average Bonchev–Trinajstić information content (AvgIpc) is 4.10. The number of hydrogen-bond acceptors (Lipinski definition) is 11. The number of nitrogens with two attached hydrogens (primary N) is 3. The normalized spacial score (nSPS) is 20.9. The molecule has 0 radical (unpaired) electrons. The molecule has 2 unspecified atom stereocenters. The molecule has 24 heteroatoms. The number of hydrogen-bond donors (Lipinski definition) is 13. The van der Waals surface area contributed by atoms with Crippen LogP contribution in [0.3, 0.4) is 0 Å². The summed E-state index contributed by atoms with van der Waals surface area (Å²) in [7, 11) is 0. The lowest BCUT2D eigenvalue weighted by Crippen LogP contribution is -2.61. The summed E-state index contributed by atoms with van der Waals surface area (Å²) in [6.45, 7) is 3.25. The number of unbranched alkanes of at least 4 members (excludes halogenated alkanes) is 1. The van der Waals surface area contributed by atoms with E-state index in [1.807, 2.05) is 67.6 Å². The van der Waals surface area contributed by atoms with Crippen molar-refractivity contribution in [2.24, 2.45) is 22.2 Å². The molecule has 0 aliphatic carbocycles. The minimum Gasteiger partial charge on any atom is -0.370 e. The summed E-state index contributed by atoms with van der Waals surface area (Å²) in [5, 5.41) is 24.3. The lowest BCUT2D eigenvalue weighted by molar-refractivity contribution is -0.136. The fourth-order valence-corrected chi connectivity index (χ4v) is 9.15. The molecule has 6 rings (SSSR count). The topological polar surface area (TPSA) is 385 Å². The number of H-pyrrole nitrogens is 2. The van der Waals surface area contributed by atoms with Gasteiger partial charge in [-0.1, -0.05) is 80.4 Å². The highest BCUT2D eigenvalue weighted by atomic mass is 16.2. The van der Waals surface area contributed by atoms with E-state index in [0.717, 1.165) is 21.7 Å². The van der Waals surface area contributed by atoms with Crippen molar-refractivity contribution in [3.05, 3.63) is 102 Å². The first-order chi connectivity index (χ1) is 37.5. The highest BCUT2D eigenvalue weighted by Gasteiger charge is 2.35. The Morgan fingerprint density at radius 3 is 2.12 bits per heavy atom. The van der Waals surface area contributed by atoms with Gasteiger partial charge in [-0.05, 0) is 66.5 Å². The molecule has 0 saturated carbocycles. The van der Waals surface area contributed by atoms with Gasteiger partial charge in [0.1, 0.15) is 42.3 Å². The number of benzene rings is 3. The first kappa shape index (κ1) is 58.4. The van der Waals surface area contributed by atoms with Crippen LogP contribution in [0.5, 0.6) is 0 Å². The van der Waals surface area contributed by atoms with E-state index >= 15 is 0 Å². The Morgan fingerprint density at radius 2 is 1.41 bits per heavy atom. The molecule has 3 aromatic carbocycles. The van der Waals surface area contributed by atoms with Gasteiger partial charge in [-0.15, -0.1) is 0 Å². The molecule has 5 aromatic rings. The Kier molecular flexibility index (Phi) is 21.6. The number of guanidine groups is 1. The van der Waals surface area contributed by atoms with E-state index in [2.05, 4.69) is 62.5 Å². The van der Waals surface area contributed by atoms with Crippen molar-refractivity contribution >= 4 is 80.8 Å². The maximum atomic E-state index is 15.0. The molecule has 0 spiro atoms. The second-order valence-electron chi connectivity index (χ2n) is 19.4. The molecule has 24 nitrogen and oxygen atoms in total. The maximum Gasteiger partial charge on any atom is 0.243 e. The predicted octanol–water partition coefficient (Wildman–Crippen LogP) is -0.0951. The minimum absolute atomic E-state index is 0.0366. The Hall–Kier alpha value is -8.83. The third-order valence-corrected chi connectivity index (χ3v) is 13.3. The SMILES string of the molecule is CCCC[C@H](NC(C)=O)C(=O)NC1CC(=O)NCCCC[C@@H](C(N)=O)NC(=O)[C@H](Cc2c[nH]c3ccccc23)NC(=O)[C@H](CCCN=C(N)N)NC(=O)[C@@H](Cc2ccc3ccccc3c2)NC(=O)C(Cc2cnc[nH]2)NC1=O. The highest BCUT2D eigenvalue weighted by Crippen LogP contribution is 2.21. The van der Waals surface area contributed by atoms with Gasteiger partial charge in [0.05, 0.1) is 12.7 Å². The van der Waals surface area contributed by atoms with Crippen molar-refractivity contribution in [3.63, 3.8) is 0 Å². The molecule has 9 amide bonds. The summed E-state index contributed by atoms with van der Waals surface area (Å²) >= 11 is 0. The monoisotopic (exact) mass is 1070 g/mol. The van der Waals surface area contributed by atoms with Crippen LogP contribution in [0, 0.1) is 0 Å². The van der Waals surface area contributed by atoms with Crippen LogP contribution in [0.1, 0.15) is 88.5 Å². The fraction of sp³-hybridized carbons (Fsp3) is 0.426. The molecule has 1 saturated heterocycles. The van der Waals surface area contributed by atoms with Gasteiger partial charge >= 0.3 is 0 Å². The number of aromatic amines is 2. The van der Waals surface area contributed by atoms with Gasteiger partial charge in [-0.3, -0.25) is 48.1 Å². The molecule has 0 bridgehead atoms. The minimum atomic E-state index is -1.59. The molecule has 1 fully saturated rings. The molecular weight excluding hydrogens is 1000 g/mol. The number of primary amides is 1. The van der Waals surface area contributed by atoms with E-state index in [1.54, 1.807) is 12.3 Å². The van der Waals surface area contributed by atoms with Crippen LogP contribution in [0.2, 0.25) is 0 Å². The molecular formula is C54H71N15O9. The van der Waals surface area contributed by atoms with Crippen molar-refractivity contribution in [1.82, 2.24) is 57.5 Å². The Morgan fingerprint density at radius 1 is 0.744 bits per heavy atom. The van der Waals surface area contributed by atoms with Crippen LogP contribution in [0.15, 0.2) is 90.4 Å². The molecule has 78 heavy (non-hydrogen) atoms. The number of carbonyl (C=O) groups is 9. The number of nitrogens with zero attached hydrogens (tertiary/aromatic N) is 2. The quantitative estimate of drug-likeness (QED) is 0.0330.